The molecule has 0 saturated heterocycles. The normalized spacial score (nSPS) is 10.8. The molecule has 0 aliphatic heterocycles. The van der Waals surface area contributed by atoms with Crippen molar-refractivity contribution >= 4 is 34.9 Å². The number of nitrogens with zero attached hydrogens (tertiary/aromatic N) is 4. The fourth-order valence-electron chi connectivity index (χ4n) is 2.35. The third-order valence-corrected chi connectivity index (χ3v) is 4.76. The van der Waals surface area contributed by atoms with Crippen molar-refractivity contribution in [2.75, 3.05) is 25.6 Å². The molecule has 136 valence electrons. The molecule has 9 heteroatoms. The van der Waals surface area contributed by atoms with Crippen LogP contribution in [0.4, 0.5) is 5.95 Å². The maximum atomic E-state index is 11.9. The van der Waals surface area contributed by atoms with E-state index in [1.54, 1.807) is 25.4 Å². The number of halogens is 1. The second kappa shape index (κ2) is 7.84. The minimum absolute atomic E-state index is 0.0995. The van der Waals surface area contributed by atoms with Crippen molar-refractivity contribution in [3.05, 3.63) is 34.6 Å². The summed E-state index contributed by atoms with van der Waals surface area (Å²) in [6.07, 6.45) is 3.49. The van der Waals surface area contributed by atoms with Gasteiger partial charge in [0.1, 0.15) is 11.5 Å². The lowest BCUT2D eigenvalue weighted by molar-refractivity contribution is -0.142. The third-order valence-electron chi connectivity index (χ3n) is 3.52. The lowest BCUT2D eigenvalue weighted by atomic mass is 10.2. The van der Waals surface area contributed by atoms with E-state index >= 15 is 0 Å². The molecular weight excluding hydrogens is 374 g/mol. The van der Waals surface area contributed by atoms with Gasteiger partial charge >= 0.3 is 5.97 Å². The van der Waals surface area contributed by atoms with Crippen LogP contribution in [0.3, 0.4) is 0 Å². The second-order valence-corrected chi connectivity index (χ2v) is 7.38. The monoisotopic (exact) mass is 391 g/mol. The first-order chi connectivity index (χ1) is 12.5. The smallest absolute Gasteiger partial charge is 0.311 e. The lowest BCUT2D eigenvalue weighted by Gasteiger charge is -2.08. The van der Waals surface area contributed by atoms with Gasteiger partial charge in [-0.25, -0.2) is 15.0 Å². The van der Waals surface area contributed by atoms with Gasteiger partial charge in [0.15, 0.2) is 0 Å². The Hall–Kier alpha value is -2.45. The molecule has 0 radical (unpaired) electrons. The number of aromatic amines is 1. The molecule has 0 aliphatic carbocycles. The number of hydrogen-bond acceptors (Lipinski definition) is 7. The van der Waals surface area contributed by atoms with Crippen molar-refractivity contribution in [3.8, 4) is 22.0 Å². The first-order valence-electron chi connectivity index (χ1n) is 7.98. The summed E-state index contributed by atoms with van der Waals surface area (Å²) in [5.41, 5.74) is 2.09. The first-order valence-corrected chi connectivity index (χ1v) is 9.17. The molecule has 3 heterocycles. The molecule has 26 heavy (non-hydrogen) atoms. The van der Waals surface area contributed by atoms with E-state index in [2.05, 4.69) is 19.9 Å². The van der Waals surface area contributed by atoms with Crippen LogP contribution in [0.5, 0.6) is 0 Å². The second-order valence-electron chi connectivity index (χ2n) is 5.66. The Bertz CT molecular complexity index is 904. The standard InChI is InChI=1S/C17H18ClN5O2S/c1-4-25-14(24)7-11-15(12-5-6-13(18)26-12)22-16(21-11)10-8-19-17(20-9-10)23(2)3/h5-6,8-9H,4,7H2,1-3H3,(H,21,22). The maximum absolute atomic E-state index is 11.9. The van der Waals surface area contributed by atoms with Crippen molar-refractivity contribution < 1.29 is 9.53 Å². The minimum Gasteiger partial charge on any atom is -0.466 e. The molecule has 0 bridgehead atoms. The van der Waals surface area contributed by atoms with Gasteiger partial charge < -0.3 is 14.6 Å². The fraction of sp³-hybridized carbons (Fsp3) is 0.294. The summed E-state index contributed by atoms with van der Waals surface area (Å²) in [6.45, 7) is 2.11. The van der Waals surface area contributed by atoms with Gasteiger partial charge in [0.25, 0.3) is 0 Å². The fourth-order valence-corrected chi connectivity index (χ4v) is 3.41. The Kier molecular flexibility index (Phi) is 5.53. The molecule has 0 spiro atoms. The zero-order valence-corrected chi connectivity index (χ0v) is 16.2. The Morgan fingerprint density at radius 2 is 2.04 bits per heavy atom. The van der Waals surface area contributed by atoms with Crippen LogP contribution in [0.25, 0.3) is 22.0 Å². The zero-order valence-electron chi connectivity index (χ0n) is 14.6. The SMILES string of the molecule is CCOC(=O)Cc1[nH]c(-c2cnc(N(C)C)nc2)nc1-c1ccc(Cl)s1. The summed E-state index contributed by atoms with van der Waals surface area (Å²) >= 11 is 7.46. The molecule has 0 unspecified atom stereocenters. The van der Waals surface area contributed by atoms with Crippen LogP contribution in [0.1, 0.15) is 12.6 Å². The Morgan fingerprint density at radius 1 is 1.31 bits per heavy atom. The molecule has 3 aromatic rings. The number of imidazole rings is 1. The number of carbonyl (C=O) groups is 1. The van der Waals surface area contributed by atoms with Gasteiger partial charge in [-0.15, -0.1) is 11.3 Å². The van der Waals surface area contributed by atoms with Crippen LogP contribution in [-0.2, 0) is 16.0 Å². The van der Waals surface area contributed by atoms with Gasteiger partial charge in [0.2, 0.25) is 5.95 Å². The summed E-state index contributed by atoms with van der Waals surface area (Å²) in [4.78, 5) is 31.1. The van der Waals surface area contributed by atoms with Crippen LogP contribution < -0.4 is 4.90 Å². The summed E-state index contributed by atoms with van der Waals surface area (Å²) in [7, 11) is 3.75. The Labute approximate surface area is 160 Å². The lowest BCUT2D eigenvalue weighted by Crippen LogP contribution is -2.12. The summed E-state index contributed by atoms with van der Waals surface area (Å²) in [5.74, 6) is 0.886. The zero-order chi connectivity index (χ0) is 18.7. The first kappa shape index (κ1) is 18.3. The number of hydrogen-bond donors (Lipinski definition) is 1. The molecular formula is C17H18ClN5O2S. The van der Waals surface area contributed by atoms with Gasteiger partial charge in [-0.2, -0.15) is 0 Å². The number of nitrogens with one attached hydrogen (secondary N) is 1. The van der Waals surface area contributed by atoms with E-state index in [9.17, 15) is 4.79 Å². The van der Waals surface area contributed by atoms with E-state index in [1.807, 2.05) is 25.1 Å². The maximum Gasteiger partial charge on any atom is 0.311 e. The Balaban J connectivity index is 1.98. The largest absolute Gasteiger partial charge is 0.466 e. The van der Waals surface area contributed by atoms with Crippen molar-refractivity contribution in [2.24, 2.45) is 0 Å². The highest BCUT2D eigenvalue weighted by molar-refractivity contribution is 7.19. The van der Waals surface area contributed by atoms with Crippen LogP contribution in [0.2, 0.25) is 4.34 Å². The van der Waals surface area contributed by atoms with Crippen LogP contribution in [0.15, 0.2) is 24.5 Å². The summed E-state index contributed by atoms with van der Waals surface area (Å²) in [5, 5.41) is 0. The van der Waals surface area contributed by atoms with Gasteiger partial charge in [-0.1, -0.05) is 11.6 Å². The molecule has 7 nitrogen and oxygen atoms in total. The predicted molar refractivity (Wildman–Crippen MR) is 103 cm³/mol. The number of H-pyrrole nitrogens is 1. The van der Waals surface area contributed by atoms with Crippen molar-refractivity contribution in [3.63, 3.8) is 0 Å². The molecule has 0 atom stereocenters. The van der Waals surface area contributed by atoms with Gasteiger partial charge in [-0.3, -0.25) is 4.79 Å². The van der Waals surface area contributed by atoms with E-state index in [4.69, 9.17) is 16.3 Å². The molecule has 0 aromatic carbocycles. The molecule has 0 aliphatic rings. The highest BCUT2D eigenvalue weighted by atomic mass is 35.5. The van der Waals surface area contributed by atoms with E-state index in [0.29, 0.717) is 34.1 Å². The van der Waals surface area contributed by atoms with Crippen LogP contribution in [-0.4, -0.2) is 46.6 Å². The average molecular weight is 392 g/mol. The minimum atomic E-state index is -0.314. The number of ether oxygens (including phenoxy) is 1. The summed E-state index contributed by atoms with van der Waals surface area (Å²) < 4.78 is 5.72. The molecule has 0 saturated carbocycles. The number of anilines is 1. The van der Waals surface area contributed by atoms with Crippen LogP contribution >= 0.6 is 22.9 Å². The van der Waals surface area contributed by atoms with Crippen molar-refractivity contribution in [1.82, 2.24) is 19.9 Å². The van der Waals surface area contributed by atoms with Crippen molar-refractivity contribution in [2.45, 2.75) is 13.3 Å². The highest BCUT2D eigenvalue weighted by Crippen LogP contribution is 2.33. The van der Waals surface area contributed by atoms with E-state index in [0.717, 1.165) is 10.4 Å². The number of thiophene rings is 1. The number of esters is 1. The van der Waals surface area contributed by atoms with Gasteiger partial charge in [0, 0.05) is 26.5 Å². The Morgan fingerprint density at radius 3 is 2.62 bits per heavy atom. The molecule has 0 amide bonds. The molecule has 3 rings (SSSR count). The van der Waals surface area contributed by atoms with Gasteiger partial charge in [0.05, 0.1) is 33.5 Å². The molecule has 0 fully saturated rings. The number of aromatic nitrogens is 4. The van der Waals surface area contributed by atoms with E-state index in [1.165, 1.54) is 11.3 Å². The summed E-state index contributed by atoms with van der Waals surface area (Å²) in [6, 6.07) is 3.69. The van der Waals surface area contributed by atoms with E-state index in [-0.39, 0.29) is 12.4 Å². The molecule has 1 N–H and O–H groups in total. The van der Waals surface area contributed by atoms with Crippen LogP contribution in [0, 0.1) is 0 Å². The molecule has 3 aromatic heterocycles. The number of carbonyl (C=O) groups excluding carboxylic acids is 1. The quantitative estimate of drug-likeness (QED) is 0.648. The van der Waals surface area contributed by atoms with E-state index < -0.39 is 0 Å². The number of rotatable bonds is 6. The third kappa shape index (κ3) is 4.03. The highest BCUT2D eigenvalue weighted by Gasteiger charge is 2.18. The average Bonchev–Trinajstić information content (AvgIpc) is 3.21. The predicted octanol–water partition coefficient (Wildman–Crippen LogP) is 3.42. The van der Waals surface area contributed by atoms with Crippen molar-refractivity contribution in [1.29, 1.82) is 0 Å². The van der Waals surface area contributed by atoms with Gasteiger partial charge in [-0.05, 0) is 19.1 Å². The topological polar surface area (TPSA) is 84.0 Å².